The lowest BCUT2D eigenvalue weighted by molar-refractivity contribution is -0.118. The second kappa shape index (κ2) is 10.9. The average molecular weight is 480 g/mol. The number of anilines is 1. The number of benzene rings is 2. The maximum Gasteiger partial charge on any atom is 0.247 e. The van der Waals surface area contributed by atoms with Gasteiger partial charge in [-0.05, 0) is 55.4 Å². The van der Waals surface area contributed by atoms with Crippen LogP contribution in [0.25, 0.3) is 11.1 Å². The molecule has 2 atom stereocenters. The zero-order valence-corrected chi connectivity index (χ0v) is 20.9. The Hall–Kier alpha value is -3.77. The zero-order chi connectivity index (χ0) is 24.9. The maximum absolute atomic E-state index is 13.4. The van der Waals surface area contributed by atoms with E-state index in [-0.39, 0.29) is 11.8 Å². The zero-order valence-electron chi connectivity index (χ0n) is 20.9. The van der Waals surface area contributed by atoms with Crippen LogP contribution in [-0.4, -0.2) is 27.2 Å². The minimum absolute atomic E-state index is 0.129. The molecular formula is C30H33N5O. The van der Waals surface area contributed by atoms with Gasteiger partial charge in [0, 0.05) is 30.1 Å². The van der Waals surface area contributed by atoms with Crippen LogP contribution in [-0.2, 0) is 4.79 Å². The Labute approximate surface area is 212 Å². The first-order chi connectivity index (χ1) is 17.6. The van der Waals surface area contributed by atoms with Gasteiger partial charge in [0.1, 0.15) is 11.9 Å². The van der Waals surface area contributed by atoms with Gasteiger partial charge in [0.2, 0.25) is 5.91 Å². The van der Waals surface area contributed by atoms with Crippen molar-refractivity contribution in [2.24, 2.45) is 0 Å². The van der Waals surface area contributed by atoms with Crippen LogP contribution in [0.4, 0.5) is 5.82 Å². The molecule has 0 saturated heterocycles. The number of pyridine rings is 1. The molecule has 1 aliphatic rings. The molecule has 1 fully saturated rings. The Balaban J connectivity index is 1.26. The van der Waals surface area contributed by atoms with Gasteiger partial charge in [0.15, 0.2) is 0 Å². The summed E-state index contributed by atoms with van der Waals surface area (Å²) in [6, 6.07) is 22.3. The second-order valence-electron chi connectivity index (χ2n) is 9.78. The molecule has 0 unspecified atom stereocenters. The number of carbonyl (C=O) groups is 1. The Bertz CT molecular complexity index is 1280. The summed E-state index contributed by atoms with van der Waals surface area (Å²) in [5.74, 6) is 0.669. The average Bonchev–Trinajstić information content (AvgIpc) is 3.34. The van der Waals surface area contributed by atoms with E-state index in [9.17, 15) is 4.79 Å². The molecule has 2 aromatic carbocycles. The third-order valence-corrected chi connectivity index (χ3v) is 7.07. The maximum atomic E-state index is 13.4. The van der Waals surface area contributed by atoms with Crippen LogP contribution >= 0.6 is 0 Å². The second-order valence-corrected chi connectivity index (χ2v) is 9.78. The van der Waals surface area contributed by atoms with Gasteiger partial charge in [-0.25, -0.2) is 4.98 Å². The molecule has 2 aromatic heterocycles. The van der Waals surface area contributed by atoms with Crippen molar-refractivity contribution >= 4 is 11.7 Å². The number of rotatable bonds is 9. The molecule has 1 aliphatic carbocycles. The number of nitrogens with zero attached hydrogens (tertiary/aromatic N) is 3. The summed E-state index contributed by atoms with van der Waals surface area (Å²) in [4.78, 5) is 17.9. The van der Waals surface area contributed by atoms with E-state index < -0.39 is 6.04 Å². The Kier molecular flexibility index (Phi) is 7.23. The highest BCUT2D eigenvalue weighted by atomic mass is 16.2. The molecule has 0 aliphatic heterocycles. The van der Waals surface area contributed by atoms with Crippen LogP contribution in [0.1, 0.15) is 60.9 Å². The molecule has 1 amide bonds. The van der Waals surface area contributed by atoms with E-state index in [4.69, 9.17) is 0 Å². The first kappa shape index (κ1) is 23.9. The molecule has 36 heavy (non-hydrogen) atoms. The van der Waals surface area contributed by atoms with Gasteiger partial charge in [-0.15, -0.1) is 0 Å². The van der Waals surface area contributed by atoms with Crippen molar-refractivity contribution in [3.63, 3.8) is 0 Å². The van der Waals surface area contributed by atoms with Crippen molar-refractivity contribution in [1.29, 1.82) is 0 Å². The van der Waals surface area contributed by atoms with Crippen LogP contribution in [0.3, 0.4) is 0 Å². The van der Waals surface area contributed by atoms with Crippen molar-refractivity contribution in [2.75, 3.05) is 11.9 Å². The molecule has 0 spiro atoms. The topological polar surface area (TPSA) is 71.8 Å². The molecule has 4 aromatic rings. The van der Waals surface area contributed by atoms with Crippen molar-refractivity contribution in [1.82, 2.24) is 20.1 Å². The van der Waals surface area contributed by atoms with Gasteiger partial charge in [-0.1, -0.05) is 67.1 Å². The number of nitrogens with one attached hydrogen (secondary N) is 2. The van der Waals surface area contributed by atoms with Gasteiger partial charge in [0.25, 0.3) is 0 Å². The van der Waals surface area contributed by atoms with Crippen LogP contribution in [0, 0.1) is 6.92 Å². The molecule has 1 saturated carbocycles. The molecule has 6 nitrogen and oxygen atoms in total. The monoisotopic (exact) mass is 479 g/mol. The first-order valence-corrected chi connectivity index (χ1v) is 12.7. The van der Waals surface area contributed by atoms with Gasteiger partial charge in [-0.3, -0.25) is 9.48 Å². The quantitative estimate of drug-likeness (QED) is 0.306. The third-order valence-electron chi connectivity index (χ3n) is 7.07. The van der Waals surface area contributed by atoms with Crippen molar-refractivity contribution in [3.05, 3.63) is 102 Å². The lowest BCUT2D eigenvalue weighted by Crippen LogP contribution is -2.35. The van der Waals surface area contributed by atoms with Crippen molar-refractivity contribution in [3.8, 4) is 11.1 Å². The van der Waals surface area contributed by atoms with Crippen LogP contribution in [0.5, 0.6) is 0 Å². The lowest BCUT2D eigenvalue weighted by atomic mass is 9.93. The van der Waals surface area contributed by atoms with E-state index in [1.54, 1.807) is 6.20 Å². The third kappa shape index (κ3) is 5.55. The molecular weight excluding hydrogens is 446 g/mol. The largest absolute Gasteiger partial charge is 0.309 e. The van der Waals surface area contributed by atoms with E-state index in [1.165, 1.54) is 30.4 Å². The van der Waals surface area contributed by atoms with E-state index in [2.05, 4.69) is 69.7 Å². The smallest absolute Gasteiger partial charge is 0.247 e. The molecule has 2 N–H and O–H groups in total. The summed E-state index contributed by atoms with van der Waals surface area (Å²) in [5, 5.41) is 11.0. The summed E-state index contributed by atoms with van der Waals surface area (Å²) < 4.78 is 2.06. The number of hydrogen-bond acceptors (Lipinski definition) is 4. The minimum Gasteiger partial charge on any atom is -0.309 e. The summed E-state index contributed by atoms with van der Waals surface area (Å²) in [5.41, 5.74) is 5.44. The molecule has 2 heterocycles. The van der Waals surface area contributed by atoms with E-state index in [0.717, 1.165) is 16.7 Å². The summed E-state index contributed by atoms with van der Waals surface area (Å²) >= 11 is 0. The predicted octanol–water partition coefficient (Wildman–Crippen LogP) is 6.05. The van der Waals surface area contributed by atoms with E-state index >= 15 is 0 Å². The summed E-state index contributed by atoms with van der Waals surface area (Å²) in [6.45, 7) is 4.93. The molecule has 0 bridgehead atoms. The van der Waals surface area contributed by atoms with Gasteiger partial charge >= 0.3 is 0 Å². The van der Waals surface area contributed by atoms with Crippen molar-refractivity contribution < 1.29 is 4.79 Å². The number of carbonyl (C=O) groups excluding carboxylic acids is 1. The van der Waals surface area contributed by atoms with E-state index in [1.807, 2.05) is 48.7 Å². The molecule has 6 heteroatoms. The fourth-order valence-corrected chi connectivity index (χ4v) is 4.49. The normalized spacial score (nSPS) is 15.2. The fraction of sp³-hybridized carbons (Fsp3) is 0.300. The molecule has 0 radical (unpaired) electrons. The summed E-state index contributed by atoms with van der Waals surface area (Å²) in [6.07, 6.45) is 9.44. The fourth-order valence-electron chi connectivity index (χ4n) is 4.49. The standard InChI is InChI=1S/C30H33N5O/c1-21-11-13-23(14-12-21)22(2)17-32-29(24-7-4-3-5-8-24)30(36)34-28-16-15-25(18-31-28)26-19-33-35(20-26)27-9-6-10-27/h3-5,7-8,11-16,18-20,22,27,29,32H,6,9-10,17H2,1-2H3,(H,31,34,36)/t22-,29+/m1/s1. The number of aromatic nitrogens is 3. The van der Waals surface area contributed by atoms with Crippen LogP contribution in [0.2, 0.25) is 0 Å². The predicted molar refractivity (Wildman–Crippen MR) is 144 cm³/mol. The van der Waals surface area contributed by atoms with Crippen LogP contribution in [0.15, 0.2) is 85.3 Å². The van der Waals surface area contributed by atoms with Crippen LogP contribution < -0.4 is 10.6 Å². The highest BCUT2D eigenvalue weighted by Crippen LogP contribution is 2.32. The lowest BCUT2D eigenvalue weighted by Gasteiger charge is -2.25. The Morgan fingerprint density at radius 1 is 0.972 bits per heavy atom. The Morgan fingerprint density at radius 3 is 2.42 bits per heavy atom. The molecule has 184 valence electrons. The van der Waals surface area contributed by atoms with Gasteiger partial charge in [-0.2, -0.15) is 5.10 Å². The number of amides is 1. The number of aryl methyl sites for hydroxylation is 1. The van der Waals surface area contributed by atoms with Gasteiger partial charge < -0.3 is 10.6 Å². The highest BCUT2D eigenvalue weighted by Gasteiger charge is 2.22. The highest BCUT2D eigenvalue weighted by molar-refractivity contribution is 5.95. The van der Waals surface area contributed by atoms with Crippen molar-refractivity contribution in [2.45, 2.75) is 51.1 Å². The minimum atomic E-state index is -0.485. The number of hydrogen-bond donors (Lipinski definition) is 2. The molecule has 5 rings (SSSR count). The van der Waals surface area contributed by atoms with Gasteiger partial charge in [0.05, 0.1) is 12.2 Å². The Morgan fingerprint density at radius 2 is 1.75 bits per heavy atom. The first-order valence-electron chi connectivity index (χ1n) is 12.7. The van der Waals surface area contributed by atoms with E-state index in [0.29, 0.717) is 18.4 Å². The SMILES string of the molecule is Cc1ccc([C@H](C)CN[C@H](C(=O)Nc2ccc(-c3cnn(C4CCC4)c3)cn2)c2ccccc2)cc1. The summed E-state index contributed by atoms with van der Waals surface area (Å²) in [7, 11) is 0.